The fourth-order valence-corrected chi connectivity index (χ4v) is 5.31. The van der Waals surface area contributed by atoms with Crippen LogP contribution in [0.3, 0.4) is 0 Å². The first-order valence-corrected chi connectivity index (χ1v) is 12.4. The second-order valence-corrected chi connectivity index (χ2v) is 10.8. The molecule has 0 fully saturated rings. The highest BCUT2D eigenvalue weighted by Gasteiger charge is 2.36. The number of benzene rings is 1. The van der Waals surface area contributed by atoms with Gasteiger partial charge in [0.05, 0.1) is 12.3 Å². The van der Waals surface area contributed by atoms with Crippen molar-refractivity contribution in [2.45, 2.75) is 52.6 Å². The molecule has 180 valence electrons. The molecule has 6 nitrogen and oxygen atoms in total. The summed E-state index contributed by atoms with van der Waals surface area (Å²) in [7, 11) is 0. The van der Waals surface area contributed by atoms with Crippen molar-refractivity contribution in [1.82, 2.24) is 9.80 Å². The van der Waals surface area contributed by atoms with Gasteiger partial charge in [-0.25, -0.2) is 0 Å². The zero-order valence-corrected chi connectivity index (χ0v) is 21.3. The summed E-state index contributed by atoms with van der Waals surface area (Å²) in [5, 5.41) is 2.07. The molecule has 34 heavy (non-hydrogen) atoms. The zero-order valence-electron chi connectivity index (χ0n) is 20.5. The molecule has 3 aromatic rings. The quantitative estimate of drug-likeness (QED) is 0.474. The van der Waals surface area contributed by atoms with E-state index in [1.165, 1.54) is 16.7 Å². The Morgan fingerprint density at radius 2 is 2.00 bits per heavy atom. The number of rotatable bonds is 6. The molecule has 0 aliphatic carbocycles. The molecule has 1 aromatic carbocycles. The topological polar surface area (TPSA) is 63.0 Å². The minimum absolute atomic E-state index is 0.0252. The Hall–Kier alpha value is -3.06. The van der Waals surface area contributed by atoms with Crippen molar-refractivity contribution in [1.29, 1.82) is 0 Å². The van der Waals surface area contributed by atoms with E-state index in [1.54, 1.807) is 28.4 Å². The van der Waals surface area contributed by atoms with Gasteiger partial charge in [0.15, 0.2) is 5.76 Å². The number of amides is 2. The van der Waals surface area contributed by atoms with Gasteiger partial charge in [0, 0.05) is 17.0 Å². The summed E-state index contributed by atoms with van der Waals surface area (Å²) in [6, 6.07) is 11.3. The van der Waals surface area contributed by atoms with Gasteiger partial charge in [0.25, 0.3) is 5.91 Å². The third kappa shape index (κ3) is 5.04. The summed E-state index contributed by atoms with van der Waals surface area (Å²) < 4.78 is 11.6. The van der Waals surface area contributed by atoms with Crippen molar-refractivity contribution in [3.8, 4) is 5.75 Å². The summed E-state index contributed by atoms with van der Waals surface area (Å²) in [4.78, 5) is 31.5. The van der Waals surface area contributed by atoms with Crippen molar-refractivity contribution in [3.05, 3.63) is 75.4 Å². The number of carbonyl (C=O) groups excluding carboxylic acids is 2. The highest BCUT2D eigenvalue weighted by molar-refractivity contribution is 7.10. The maximum Gasteiger partial charge on any atom is 0.290 e. The van der Waals surface area contributed by atoms with Crippen LogP contribution in [0.1, 0.15) is 58.9 Å². The standard InChI is InChI=1S/C27H32N2O4S/c1-18-8-9-22(19(2)15-18)33-17-21-20-11-14-34-24(20)10-12-28(21)25(30)16-29(27(3,4)5)26(31)23-7-6-13-32-23/h6-9,11,13-15,21H,10,12,16-17H2,1-5H3/t21-/m0/s1. The van der Waals surface area contributed by atoms with Crippen molar-refractivity contribution in [2.75, 3.05) is 19.7 Å². The molecule has 0 spiro atoms. The largest absolute Gasteiger partial charge is 0.491 e. The summed E-state index contributed by atoms with van der Waals surface area (Å²) in [5.41, 5.74) is 2.84. The average molecular weight is 481 g/mol. The summed E-state index contributed by atoms with van der Waals surface area (Å²) in [5.74, 6) is 0.670. The van der Waals surface area contributed by atoms with Crippen LogP contribution >= 0.6 is 11.3 Å². The number of thiophene rings is 1. The Balaban J connectivity index is 1.56. The van der Waals surface area contributed by atoms with Crippen molar-refractivity contribution in [2.24, 2.45) is 0 Å². The van der Waals surface area contributed by atoms with Crippen molar-refractivity contribution >= 4 is 23.2 Å². The van der Waals surface area contributed by atoms with Crippen molar-refractivity contribution < 1.29 is 18.7 Å². The molecule has 1 atom stereocenters. The van der Waals surface area contributed by atoms with Gasteiger partial charge in [-0.3, -0.25) is 9.59 Å². The van der Waals surface area contributed by atoms with Crippen LogP contribution in [0.5, 0.6) is 5.75 Å². The van der Waals surface area contributed by atoms with Crippen LogP contribution in [0.15, 0.2) is 52.5 Å². The average Bonchev–Trinajstić information content (AvgIpc) is 3.47. The molecule has 0 bridgehead atoms. The van der Waals surface area contributed by atoms with Gasteiger partial charge in [-0.2, -0.15) is 0 Å². The SMILES string of the molecule is Cc1ccc(OC[C@H]2c3ccsc3CCN2C(=O)CN(C(=O)c2ccco2)C(C)(C)C)c(C)c1. The Morgan fingerprint density at radius 1 is 1.21 bits per heavy atom. The lowest BCUT2D eigenvalue weighted by atomic mass is 9.99. The Labute approximate surface area is 205 Å². The number of nitrogens with zero attached hydrogens (tertiary/aromatic N) is 2. The van der Waals surface area contributed by atoms with Gasteiger partial charge in [0.1, 0.15) is 18.9 Å². The van der Waals surface area contributed by atoms with Crippen LogP contribution in [-0.4, -0.2) is 46.8 Å². The van der Waals surface area contributed by atoms with Gasteiger partial charge >= 0.3 is 0 Å². The van der Waals surface area contributed by atoms with Crippen LogP contribution in [0.25, 0.3) is 0 Å². The molecule has 0 radical (unpaired) electrons. The van der Waals surface area contributed by atoms with E-state index in [4.69, 9.17) is 9.15 Å². The number of hydrogen-bond donors (Lipinski definition) is 0. The molecule has 1 aliphatic heterocycles. The first-order chi connectivity index (χ1) is 16.1. The lowest BCUT2D eigenvalue weighted by Crippen LogP contribution is -2.53. The third-order valence-electron chi connectivity index (χ3n) is 6.22. The summed E-state index contributed by atoms with van der Waals surface area (Å²) in [6.45, 7) is 10.8. The van der Waals surface area contributed by atoms with Crippen LogP contribution in [0.2, 0.25) is 0 Å². The maximum atomic E-state index is 13.6. The second-order valence-electron chi connectivity index (χ2n) is 9.77. The Kier molecular flexibility index (Phi) is 6.84. The fraction of sp³-hybridized carbons (Fsp3) is 0.407. The van der Waals surface area contributed by atoms with E-state index in [1.807, 2.05) is 44.7 Å². The predicted molar refractivity (Wildman–Crippen MR) is 133 cm³/mol. The summed E-state index contributed by atoms with van der Waals surface area (Å²) in [6.07, 6.45) is 2.28. The normalized spacial score (nSPS) is 15.7. The van der Waals surface area contributed by atoms with Crippen LogP contribution in [-0.2, 0) is 11.2 Å². The molecule has 0 saturated heterocycles. The molecule has 1 aliphatic rings. The number of ether oxygens (including phenoxy) is 1. The van der Waals surface area contributed by atoms with Crippen LogP contribution in [0, 0.1) is 13.8 Å². The van der Waals surface area contributed by atoms with E-state index < -0.39 is 5.54 Å². The Bertz CT molecular complexity index is 1160. The van der Waals surface area contributed by atoms with E-state index >= 15 is 0 Å². The van der Waals surface area contributed by atoms with Crippen molar-refractivity contribution in [3.63, 3.8) is 0 Å². The highest BCUT2D eigenvalue weighted by Crippen LogP contribution is 2.34. The molecule has 0 unspecified atom stereocenters. The van der Waals surface area contributed by atoms with Gasteiger partial charge in [-0.15, -0.1) is 11.3 Å². The van der Waals surface area contributed by atoms with Gasteiger partial charge in [0.2, 0.25) is 5.91 Å². The van der Waals surface area contributed by atoms with Gasteiger partial charge in [-0.1, -0.05) is 17.7 Å². The van der Waals surface area contributed by atoms with Gasteiger partial charge in [-0.05, 0) is 81.8 Å². The first kappa shape index (κ1) is 24.1. The monoisotopic (exact) mass is 480 g/mol. The van der Waals surface area contributed by atoms with Crippen LogP contribution in [0.4, 0.5) is 0 Å². The van der Waals surface area contributed by atoms with E-state index in [2.05, 4.69) is 24.4 Å². The zero-order chi connectivity index (χ0) is 24.5. The second kappa shape index (κ2) is 9.66. The Morgan fingerprint density at radius 3 is 2.68 bits per heavy atom. The molecule has 4 rings (SSSR count). The molecule has 7 heteroatoms. The van der Waals surface area contributed by atoms with E-state index in [0.717, 1.165) is 23.3 Å². The lowest BCUT2D eigenvalue weighted by molar-refractivity contribution is -0.136. The molecular formula is C27H32N2O4S. The van der Waals surface area contributed by atoms with E-state index in [-0.39, 0.29) is 30.2 Å². The molecule has 0 saturated carbocycles. The number of furan rings is 1. The number of carbonyl (C=O) groups is 2. The lowest BCUT2D eigenvalue weighted by Gasteiger charge is -2.40. The van der Waals surface area contributed by atoms with E-state index in [9.17, 15) is 9.59 Å². The number of fused-ring (bicyclic) bond motifs is 1. The van der Waals surface area contributed by atoms with Gasteiger partial charge < -0.3 is 19.0 Å². The van der Waals surface area contributed by atoms with Crippen LogP contribution < -0.4 is 4.74 Å². The molecule has 2 aromatic heterocycles. The fourth-order valence-electron chi connectivity index (χ4n) is 4.38. The smallest absolute Gasteiger partial charge is 0.290 e. The minimum Gasteiger partial charge on any atom is -0.491 e. The molecular weight excluding hydrogens is 448 g/mol. The number of aryl methyl sites for hydroxylation is 2. The summed E-state index contributed by atoms with van der Waals surface area (Å²) >= 11 is 1.72. The maximum absolute atomic E-state index is 13.6. The third-order valence-corrected chi connectivity index (χ3v) is 7.22. The minimum atomic E-state index is -0.548. The first-order valence-electron chi connectivity index (χ1n) is 11.6. The predicted octanol–water partition coefficient (Wildman–Crippen LogP) is 5.40. The molecule has 3 heterocycles. The molecule has 2 amide bonds. The van der Waals surface area contributed by atoms with E-state index in [0.29, 0.717) is 13.2 Å². The molecule has 0 N–H and O–H groups in total. The highest BCUT2D eigenvalue weighted by atomic mass is 32.1. The number of hydrogen-bond acceptors (Lipinski definition) is 5.